The van der Waals surface area contributed by atoms with Gasteiger partial charge in [0.2, 0.25) is 0 Å². The molecule has 1 heterocycles. The van der Waals surface area contributed by atoms with Gasteiger partial charge >= 0.3 is 6.09 Å². The Balaban J connectivity index is 1.87. The molecule has 0 radical (unpaired) electrons. The topological polar surface area (TPSA) is 49.8 Å². The van der Waals surface area contributed by atoms with Gasteiger partial charge in [0.1, 0.15) is 6.61 Å². The molecule has 1 aromatic rings. The summed E-state index contributed by atoms with van der Waals surface area (Å²) in [5.74, 6) is 0.182. The number of aliphatic hydroxyl groups excluding tert-OH is 1. The number of carbonyl (C=O) groups excluding carboxylic acids is 1. The molecule has 19 heavy (non-hydrogen) atoms. The van der Waals surface area contributed by atoms with Crippen LogP contribution in [0.4, 0.5) is 4.79 Å². The summed E-state index contributed by atoms with van der Waals surface area (Å²) in [4.78, 5) is 13.7. The van der Waals surface area contributed by atoms with Gasteiger partial charge < -0.3 is 14.7 Å². The maximum atomic E-state index is 12.0. The van der Waals surface area contributed by atoms with E-state index < -0.39 is 0 Å². The van der Waals surface area contributed by atoms with Gasteiger partial charge in [-0.2, -0.15) is 0 Å². The molecule has 0 aliphatic carbocycles. The Bertz CT molecular complexity index is 409. The van der Waals surface area contributed by atoms with Gasteiger partial charge in [0.05, 0.1) is 6.10 Å². The number of carbonyl (C=O) groups is 1. The van der Waals surface area contributed by atoms with Crippen molar-refractivity contribution in [2.45, 2.75) is 26.6 Å². The molecule has 0 spiro atoms. The third-order valence-electron chi connectivity index (χ3n) is 3.65. The molecule has 4 heteroatoms. The molecular weight excluding hydrogens is 242 g/mol. The Morgan fingerprint density at radius 1 is 1.26 bits per heavy atom. The molecule has 1 aliphatic heterocycles. The van der Waals surface area contributed by atoms with Gasteiger partial charge in [-0.15, -0.1) is 0 Å². The maximum absolute atomic E-state index is 12.0. The molecule has 1 saturated heterocycles. The number of piperidine rings is 1. The third kappa shape index (κ3) is 3.47. The first-order chi connectivity index (χ1) is 9.08. The van der Waals surface area contributed by atoms with E-state index in [9.17, 15) is 9.90 Å². The second-order valence-electron chi connectivity index (χ2n) is 5.39. The highest BCUT2D eigenvalue weighted by molar-refractivity contribution is 5.67. The molecular formula is C15H21NO3. The lowest BCUT2D eigenvalue weighted by atomic mass is 9.89. The molecule has 1 aliphatic rings. The van der Waals surface area contributed by atoms with E-state index in [1.54, 1.807) is 4.90 Å². The van der Waals surface area contributed by atoms with E-state index in [0.29, 0.717) is 19.7 Å². The van der Waals surface area contributed by atoms with Crippen molar-refractivity contribution < 1.29 is 14.6 Å². The average molecular weight is 263 g/mol. The lowest BCUT2D eigenvalue weighted by Crippen LogP contribution is -2.49. The molecule has 2 unspecified atom stereocenters. The van der Waals surface area contributed by atoms with Crippen molar-refractivity contribution in [2.75, 3.05) is 13.1 Å². The Morgan fingerprint density at radius 2 is 1.84 bits per heavy atom. The van der Waals surface area contributed by atoms with Crippen molar-refractivity contribution in [3.8, 4) is 0 Å². The van der Waals surface area contributed by atoms with Gasteiger partial charge in [0.15, 0.2) is 0 Å². The van der Waals surface area contributed by atoms with Crippen LogP contribution in [0.5, 0.6) is 0 Å². The van der Waals surface area contributed by atoms with E-state index >= 15 is 0 Å². The summed E-state index contributed by atoms with van der Waals surface area (Å²) >= 11 is 0. The molecule has 1 amide bonds. The van der Waals surface area contributed by atoms with E-state index in [-0.39, 0.29) is 24.0 Å². The van der Waals surface area contributed by atoms with Crippen molar-refractivity contribution >= 4 is 6.09 Å². The van der Waals surface area contributed by atoms with Crippen molar-refractivity contribution in [3.05, 3.63) is 35.9 Å². The first-order valence-electron chi connectivity index (χ1n) is 6.71. The van der Waals surface area contributed by atoms with E-state index in [4.69, 9.17) is 4.74 Å². The summed E-state index contributed by atoms with van der Waals surface area (Å²) in [5, 5.41) is 9.87. The SMILES string of the molecule is CC1CN(C(=O)OCc2ccccc2)CC(C)C1O. The fraction of sp³-hybridized carbons (Fsp3) is 0.533. The number of ether oxygens (including phenoxy) is 1. The van der Waals surface area contributed by atoms with Gasteiger partial charge in [-0.25, -0.2) is 4.79 Å². The van der Waals surface area contributed by atoms with E-state index in [0.717, 1.165) is 5.56 Å². The highest BCUT2D eigenvalue weighted by Crippen LogP contribution is 2.22. The molecule has 4 nitrogen and oxygen atoms in total. The summed E-state index contributed by atoms with van der Waals surface area (Å²) in [7, 11) is 0. The summed E-state index contributed by atoms with van der Waals surface area (Å²) in [5.41, 5.74) is 0.981. The van der Waals surface area contributed by atoms with Crippen LogP contribution in [0.2, 0.25) is 0 Å². The number of likely N-dealkylation sites (tertiary alicyclic amines) is 1. The van der Waals surface area contributed by atoms with Gasteiger partial charge in [-0.3, -0.25) is 0 Å². The Morgan fingerprint density at radius 3 is 2.42 bits per heavy atom. The number of aliphatic hydroxyl groups is 1. The van der Waals surface area contributed by atoms with Gasteiger partial charge in [0.25, 0.3) is 0 Å². The fourth-order valence-electron chi connectivity index (χ4n) is 2.51. The van der Waals surface area contributed by atoms with Crippen LogP contribution in [-0.2, 0) is 11.3 Å². The predicted octanol–water partition coefficient (Wildman–Crippen LogP) is 2.27. The van der Waals surface area contributed by atoms with Crippen LogP contribution in [0, 0.1) is 11.8 Å². The number of rotatable bonds is 2. The average Bonchev–Trinajstić information content (AvgIpc) is 2.42. The summed E-state index contributed by atoms with van der Waals surface area (Å²) in [6.07, 6.45) is -0.632. The number of hydrogen-bond acceptors (Lipinski definition) is 3. The molecule has 1 aromatic carbocycles. The zero-order valence-electron chi connectivity index (χ0n) is 11.5. The van der Waals surface area contributed by atoms with Gasteiger partial charge in [0, 0.05) is 24.9 Å². The zero-order valence-corrected chi connectivity index (χ0v) is 11.5. The number of amides is 1. The minimum atomic E-state index is -0.335. The first-order valence-corrected chi connectivity index (χ1v) is 6.71. The lowest BCUT2D eigenvalue weighted by Gasteiger charge is -2.38. The lowest BCUT2D eigenvalue weighted by molar-refractivity contribution is -0.00987. The van der Waals surface area contributed by atoms with Crippen LogP contribution < -0.4 is 0 Å². The summed E-state index contributed by atoms with van der Waals surface area (Å²) < 4.78 is 5.30. The van der Waals surface area contributed by atoms with Crippen LogP contribution in [0.25, 0.3) is 0 Å². The molecule has 1 fully saturated rings. The molecule has 0 bridgehead atoms. The molecule has 104 valence electrons. The van der Waals surface area contributed by atoms with Crippen LogP contribution in [0.1, 0.15) is 19.4 Å². The summed E-state index contributed by atoms with van der Waals surface area (Å²) in [6.45, 7) is 5.31. The molecule has 1 N–H and O–H groups in total. The van der Waals surface area contributed by atoms with E-state index in [1.807, 2.05) is 44.2 Å². The number of nitrogens with zero attached hydrogens (tertiary/aromatic N) is 1. The zero-order chi connectivity index (χ0) is 13.8. The third-order valence-corrected chi connectivity index (χ3v) is 3.65. The fourth-order valence-corrected chi connectivity index (χ4v) is 2.51. The highest BCUT2D eigenvalue weighted by atomic mass is 16.6. The van der Waals surface area contributed by atoms with Crippen LogP contribution in [0.15, 0.2) is 30.3 Å². The normalized spacial score (nSPS) is 27.1. The predicted molar refractivity (Wildman–Crippen MR) is 72.5 cm³/mol. The molecule has 0 saturated carbocycles. The summed E-state index contributed by atoms with van der Waals surface area (Å²) in [6, 6.07) is 9.63. The van der Waals surface area contributed by atoms with Crippen molar-refractivity contribution in [3.63, 3.8) is 0 Å². The Hall–Kier alpha value is -1.55. The Kier molecular flexibility index (Phi) is 4.43. The number of benzene rings is 1. The Labute approximate surface area is 114 Å². The van der Waals surface area contributed by atoms with Crippen LogP contribution >= 0.6 is 0 Å². The van der Waals surface area contributed by atoms with E-state index in [1.165, 1.54) is 0 Å². The standard InChI is InChI=1S/C15H21NO3/c1-11-8-16(9-12(2)14(11)17)15(18)19-10-13-6-4-3-5-7-13/h3-7,11-12,14,17H,8-10H2,1-2H3. The first kappa shape index (κ1) is 13.9. The second-order valence-corrected chi connectivity index (χ2v) is 5.39. The molecule has 0 aromatic heterocycles. The molecule has 2 atom stereocenters. The quantitative estimate of drug-likeness (QED) is 0.890. The van der Waals surface area contributed by atoms with Crippen LogP contribution in [0.3, 0.4) is 0 Å². The van der Waals surface area contributed by atoms with Gasteiger partial charge in [-0.1, -0.05) is 44.2 Å². The minimum Gasteiger partial charge on any atom is -0.445 e. The number of hydrogen-bond donors (Lipinski definition) is 1. The largest absolute Gasteiger partial charge is 0.445 e. The van der Waals surface area contributed by atoms with Crippen LogP contribution in [-0.4, -0.2) is 35.3 Å². The maximum Gasteiger partial charge on any atom is 0.410 e. The second kappa shape index (κ2) is 6.06. The van der Waals surface area contributed by atoms with E-state index in [2.05, 4.69) is 0 Å². The molecule has 2 rings (SSSR count). The smallest absolute Gasteiger partial charge is 0.410 e. The van der Waals surface area contributed by atoms with Gasteiger partial charge in [-0.05, 0) is 5.56 Å². The monoisotopic (exact) mass is 263 g/mol. The van der Waals surface area contributed by atoms with Crippen molar-refractivity contribution in [1.82, 2.24) is 4.90 Å². The van der Waals surface area contributed by atoms with Crippen molar-refractivity contribution in [2.24, 2.45) is 11.8 Å². The van der Waals surface area contributed by atoms with Crippen molar-refractivity contribution in [1.29, 1.82) is 0 Å². The minimum absolute atomic E-state index is 0.0908. The highest BCUT2D eigenvalue weighted by Gasteiger charge is 2.33.